The zero-order chi connectivity index (χ0) is 24.0. The number of amides is 1. The van der Waals surface area contributed by atoms with Crippen LogP contribution in [0.2, 0.25) is 0 Å². The molecule has 0 radical (unpaired) electrons. The topological polar surface area (TPSA) is 73.6 Å². The van der Waals surface area contributed by atoms with Gasteiger partial charge in [-0.25, -0.2) is 13.8 Å². The molecular weight excluding hydrogens is 442 g/mol. The van der Waals surface area contributed by atoms with Crippen molar-refractivity contribution in [3.05, 3.63) is 71.8 Å². The van der Waals surface area contributed by atoms with Crippen LogP contribution in [0, 0.1) is 11.6 Å². The summed E-state index contributed by atoms with van der Waals surface area (Å²) in [4.78, 5) is 16.7. The van der Waals surface area contributed by atoms with Gasteiger partial charge in [-0.3, -0.25) is 4.79 Å². The van der Waals surface area contributed by atoms with Crippen LogP contribution in [-0.4, -0.2) is 37.3 Å². The quantitative estimate of drug-likeness (QED) is 0.486. The molecular formula is C26H28F2N2O4. The van der Waals surface area contributed by atoms with Crippen molar-refractivity contribution in [3.8, 4) is 17.1 Å². The van der Waals surface area contributed by atoms with E-state index in [0.29, 0.717) is 32.3 Å². The van der Waals surface area contributed by atoms with E-state index in [1.54, 1.807) is 0 Å². The van der Waals surface area contributed by atoms with Crippen molar-refractivity contribution in [2.45, 2.75) is 38.0 Å². The zero-order valence-corrected chi connectivity index (χ0v) is 19.1. The van der Waals surface area contributed by atoms with E-state index >= 15 is 0 Å². The molecule has 1 aliphatic rings. The smallest absolute Gasteiger partial charge is 0.220 e. The number of aryl methyl sites for hydroxylation is 1. The Morgan fingerprint density at radius 2 is 1.91 bits per heavy atom. The van der Waals surface area contributed by atoms with Crippen molar-refractivity contribution in [2.24, 2.45) is 0 Å². The second-order valence-electron chi connectivity index (χ2n) is 8.37. The molecule has 180 valence electrons. The van der Waals surface area contributed by atoms with Gasteiger partial charge in [-0.05, 0) is 49.6 Å². The summed E-state index contributed by atoms with van der Waals surface area (Å²) in [6.07, 6.45) is 3.46. The van der Waals surface area contributed by atoms with Crippen LogP contribution in [0.3, 0.4) is 0 Å². The molecule has 4 rings (SSSR count). The standard InChI is InChI=1S/C26H28F2N2O4/c1-2-33-20-6-3-18(4-7-20)26(11-13-32-14-12-26)17-30-24(31)9-10-25-29-16-23(34-25)21-8-5-19(27)15-22(21)28/h3-8,15-16H,2,9-14,17H2,1H3,(H,30,31). The van der Waals surface area contributed by atoms with E-state index in [0.717, 1.165) is 36.3 Å². The van der Waals surface area contributed by atoms with E-state index in [9.17, 15) is 13.6 Å². The van der Waals surface area contributed by atoms with E-state index in [1.807, 2.05) is 19.1 Å². The normalized spacial score (nSPS) is 15.1. The number of carbonyl (C=O) groups excluding carboxylic acids is 1. The summed E-state index contributed by atoms with van der Waals surface area (Å²) in [6.45, 7) is 4.34. The highest BCUT2D eigenvalue weighted by atomic mass is 19.1. The molecule has 8 heteroatoms. The molecule has 0 unspecified atom stereocenters. The Labute approximate surface area is 197 Å². The number of hydrogen-bond donors (Lipinski definition) is 1. The Kier molecular flexibility index (Phi) is 7.57. The third-order valence-electron chi connectivity index (χ3n) is 6.17. The van der Waals surface area contributed by atoms with Crippen molar-refractivity contribution in [3.63, 3.8) is 0 Å². The van der Waals surface area contributed by atoms with Crippen molar-refractivity contribution < 1.29 is 27.5 Å². The molecule has 0 saturated carbocycles. The highest BCUT2D eigenvalue weighted by Crippen LogP contribution is 2.35. The summed E-state index contributed by atoms with van der Waals surface area (Å²) in [5, 5.41) is 3.06. The summed E-state index contributed by atoms with van der Waals surface area (Å²) >= 11 is 0. The maximum Gasteiger partial charge on any atom is 0.220 e. The van der Waals surface area contributed by atoms with Gasteiger partial charge < -0.3 is 19.2 Å². The number of oxazole rings is 1. The lowest BCUT2D eigenvalue weighted by Gasteiger charge is -2.38. The number of benzene rings is 2. The molecule has 1 saturated heterocycles. The Hall–Kier alpha value is -3.26. The molecule has 1 aliphatic heterocycles. The lowest BCUT2D eigenvalue weighted by Crippen LogP contribution is -2.44. The van der Waals surface area contributed by atoms with Crippen LogP contribution >= 0.6 is 0 Å². The monoisotopic (exact) mass is 470 g/mol. The van der Waals surface area contributed by atoms with Crippen LogP contribution in [0.1, 0.15) is 37.6 Å². The van der Waals surface area contributed by atoms with Crippen LogP contribution < -0.4 is 10.1 Å². The van der Waals surface area contributed by atoms with Gasteiger partial charge in [-0.1, -0.05) is 12.1 Å². The van der Waals surface area contributed by atoms with Gasteiger partial charge in [0.2, 0.25) is 5.91 Å². The number of halogens is 2. The first-order valence-corrected chi connectivity index (χ1v) is 11.5. The van der Waals surface area contributed by atoms with Gasteiger partial charge in [0.1, 0.15) is 17.4 Å². The number of rotatable bonds is 9. The molecule has 1 N–H and O–H groups in total. The molecule has 1 amide bonds. The molecule has 2 heterocycles. The third kappa shape index (κ3) is 5.62. The zero-order valence-electron chi connectivity index (χ0n) is 19.1. The fourth-order valence-electron chi connectivity index (χ4n) is 4.22. The predicted octanol–water partition coefficient (Wildman–Crippen LogP) is 4.82. The predicted molar refractivity (Wildman–Crippen MR) is 123 cm³/mol. The summed E-state index contributed by atoms with van der Waals surface area (Å²) < 4.78 is 43.8. The lowest BCUT2D eigenvalue weighted by atomic mass is 9.74. The minimum atomic E-state index is -0.725. The number of nitrogens with one attached hydrogen (secondary N) is 1. The minimum Gasteiger partial charge on any atom is -0.494 e. The first kappa shape index (κ1) is 23.9. The van der Waals surface area contributed by atoms with Gasteiger partial charge in [0.15, 0.2) is 11.7 Å². The van der Waals surface area contributed by atoms with Crippen LogP contribution in [-0.2, 0) is 21.4 Å². The van der Waals surface area contributed by atoms with E-state index in [2.05, 4.69) is 22.4 Å². The van der Waals surface area contributed by atoms with Crippen molar-refractivity contribution in [1.82, 2.24) is 10.3 Å². The minimum absolute atomic E-state index is 0.121. The molecule has 0 spiro atoms. The highest BCUT2D eigenvalue weighted by molar-refractivity contribution is 5.76. The number of nitrogens with zero attached hydrogens (tertiary/aromatic N) is 1. The Morgan fingerprint density at radius 3 is 2.62 bits per heavy atom. The van der Waals surface area contributed by atoms with Crippen molar-refractivity contribution in [1.29, 1.82) is 0 Å². The van der Waals surface area contributed by atoms with Crippen LogP contribution in [0.5, 0.6) is 5.75 Å². The van der Waals surface area contributed by atoms with E-state index in [4.69, 9.17) is 13.9 Å². The van der Waals surface area contributed by atoms with Gasteiger partial charge >= 0.3 is 0 Å². The molecule has 1 fully saturated rings. The molecule has 0 bridgehead atoms. The van der Waals surface area contributed by atoms with Crippen molar-refractivity contribution >= 4 is 5.91 Å². The maximum absolute atomic E-state index is 14.0. The van der Waals surface area contributed by atoms with Gasteiger partial charge in [0, 0.05) is 44.1 Å². The molecule has 6 nitrogen and oxygen atoms in total. The summed E-state index contributed by atoms with van der Waals surface area (Å²) in [7, 11) is 0. The average Bonchev–Trinajstić information content (AvgIpc) is 3.31. The Morgan fingerprint density at radius 1 is 1.15 bits per heavy atom. The van der Waals surface area contributed by atoms with E-state index in [-0.39, 0.29) is 35.5 Å². The molecule has 0 aliphatic carbocycles. The SMILES string of the molecule is CCOc1ccc(C2(CNC(=O)CCc3ncc(-c4ccc(F)cc4F)o3)CCOCC2)cc1. The number of ether oxygens (including phenoxy) is 2. The number of hydrogen-bond acceptors (Lipinski definition) is 5. The Bertz CT molecular complexity index is 1110. The van der Waals surface area contributed by atoms with Crippen LogP contribution in [0.15, 0.2) is 53.1 Å². The molecule has 0 atom stereocenters. The summed E-state index contributed by atoms with van der Waals surface area (Å²) in [5.41, 5.74) is 1.08. The van der Waals surface area contributed by atoms with Crippen LogP contribution in [0.4, 0.5) is 8.78 Å². The van der Waals surface area contributed by atoms with Gasteiger partial charge in [0.05, 0.1) is 18.4 Å². The fourth-order valence-corrected chi connectivity index (χ4v) is 4.22. The van der Waals surface area contributed by atoms with Crippen LogP contribution in [0.25, 0.3) is 11.3 Å². The highest BCUT2D eigenvalue weighted by Gasteiger charge is 2.35. The van der Waals surface area contributed by atoms with Gasteiger partial charge in [-0.2, -0.15) is 0 Å². The summed E-state index contributed by atoms with van der Waals surface area (Å²) in [6, 6.07) is 11.3. The van der Waals surface area contributed by atoms with Gasteiger partial charge in [0.25, 0.3) is 0 Å². The third-order valence-corrected chi connectivity index (χ3v) is 6.17. The Balaban J connectivity index is 1.35. The van der Waals surface area contributed by atoms with E-state index in [1.165, 1.54) is 12.3 Å². The molecule has 34 heavy (non-hydrogen) atoms. The fraction of sp³-hybridized carbons (Fsp3) is 0.385. The first-order valence-electron chi connectivity index (χ1n) is 11.5. The maximum atomic E-state index is 14.0. The average molecular weight is 471 g/mol. The molecule has 2 aromatic carbocycles. The van der Waals surface area contributed by atoms with E-state index < -0.39 is 11.6 Å². The summed E-state index contributed by atoms with van der Waals surface area (Å²) in [5.74, 6) is -0.166. The number of carbonyl (C=O) groups is 1. The largest absolute Gasteiger partial charge is 0.494 e. The lowest BCUT2D eigenvalue weighted by molar-refractivity contribution is -0.121. The van der Waals surface area contributed by atoms with Crippen molar-refractivity contribution in [2.75, 3.05) is 26.4 Å². The molecule has 1 aromatic heterocycles. The number of aromatic nitrogens is 1. The molecule has 3 aromatic rings. The first-order chi connectivity index (χ1) is 16.5. The second kappa shape index (κ2) is 10.8. The van der Waals surface area contributed by atoms with Gasteiger partial charge in [-0.15, -0.1) is 0 Å². The second-order valence-corrected chi connectivity index (χ2v) is 8.37.